The van der Waals surface area contributed by atoms with Gasteiger partial charge in [-0.2, -0.15) is 8.78 Å². The largest absolute Gasteiger partial charge is 0.481 e. The van der Waals surface area contributed by atoms with Crippen LogP contribution in [0.4, 0.5) is 17.6 Å². The number of hydrogen-bond acceptors (Lipinski definition) is 3. The van der Waals surface area contributed by atoms with Crippen LogP contribution in [-0.4, -0.2) is 9.97 Å². The Labute approximate surface area is 109 Å². The summed E-state index contributed by atoms with van der Waals surface area (Å²) in [5.41, 5.74) is 0.188. The Hall–Kier alpha value is -1.89. The Morgan fingerprint density at radius 1 is 1.00 bits per heavy atom. The summed E-state index contributed by atoms with van der Waals surface area (Å²) in [6.45, 7) is -0.416. The van der Waals surface area contributed by atoms with E-state index in [-0.39, 0.29) is 16.9 Å². The first-order chi connectivity index (χ1) is 8.99. The van der Waals surface area contributed by atoms with Gasteiger partial charge in [0.25, 0.3) is 0 Å². The van der Waals surface area contributed by atoms with Crippen molar-refractivity contribution in [1.29, 1.82) is 0 Å². The van der Waals surface area contributed by atoms with Crippen LogP contribution in [0, 0.1) is 23.3 Å². The molecule has 0 saturated carbocycles. The highest BCUT2D eigenvalue weighted by atomic mass is 35.5. The summed E-state index contributed by atoms with van der Waals surface area (Å²) in [5, 5.41) is 0.123. The van der Waals surface area contributed by atoms with Gasteiger partial charge in [0, 0.05) is 6.07 Å². The van der Waals surface area contributed by atoms with Crippen LogP contribution in [0.3, 0.4) is 0 Å². The van der Waals surface area contributed by atoms with Crippen molar-refractivity contribution in [3.8, 4) is 5.75 Å². The zero-order valence-corrected chi connectivity index (χ0v) is 9.89. The second-order valence-electron chi connectivity index (χ2n) is 3.42. The molecule has 0 aliphatic carbocycles. The van der Waals surface area contributed by atoms with E-state index in [0.29, 0.717) is 0 Å². The summed E-state index contributed by atoms with van der Waals surface area (Å²) >= 11 is 5.49. The lowest BCUT2D eigenvalue weighted by Crippen LogP contribution is -2.05. The zero-order valence-electron chi connectivity index (χ0n) is 9.13. The number of ether oxygens (including phenoxy) is 1. The van der Waals surface area contributed by atoms with Gasteiger partial charge in [0.15, 0.2) is 17.4 Å². The number of aromatic nitrogens is 2. The number of halogens is 5. The maximum Gasteiger partial charge on any atom is 0.203 e. The van der Waals surface area contributed by atoms with Crippen LogP contribution in [-0.2, 0) is 6.61 Å². The van der Waals surface area contributed by atoms with E-state index in [2.05, 4.69) is 14.7 Å². The summed E-state index contributed by atoms with van der Waals surface area (Å²) in [4.78, 5) is 7.40. The third-order valence-electron chi connectivity index (χ3n) is 2.11. The molecule has 0 fully saturated rings. The highest BCUT2D eigenvalue weighted by Crippen LogP contribution is 2.26. The quantitative estimate of drug-likeness (QED) is 0.643. The fraction of sp³-hybridized carbons (Fsp3) is 0.0909. The molecule has 8 heteroatoms. The lowest BCUT2D eigenvalue weighted by atomic mass is 10.3. The van der Waals surface area contributed by atoms with Crippen molar-refractivity contribution in [3.05, 3.63) is 52.6 Å². The van der Waals surface area contributed by atoms with E-state index in [1.165, 1.54) is 12.4 Å². The summed E-state index contributed by atoms with van der Waals surface area (Å²) in [6, 6.07) is 0.0968. The monoisotopic (exact) mass is 292 g/mol. The van der Waals surface area contributed by atoms with Gasteiger partial charge in [-0.15, -0.1) is 0 Å². The number of rotatable bonds is 3. The molecule has 0 saturated heterocycles. The van der Waals surface area contributed by atoms with Gasteiger partial charge in [0.05, 0.1) is 18.1 Å². The maximum absolute atomic E-state index is 13.2. The van der Waals surface area contributed by atoms with E-state index in [1.807, 2.05) is 0 Å². The van der Waals surface area contributed by atoms with E-state index < -0.39 is 35.6 Å². The lowest BCUT2D eigenvalue weighted by molar-refractivity contribution is 0.258. The van der Waals surface area contributed by atoms with Gasteiger partial charge >= 0.3 is 0 Å². The predicted octanol–water partition coefficient (Wildman–Crippen LogP) is 3.27. The molecule has 0 N–H and O–H groups in total. The molecule has 0 aliphatic heterocycles. The molecule has 0 atom stereocenters. The first-order valence-electron chi connectivity index (χ1n) is 4.91. The van der Waals surface area contributed by atoms with E-state index in [9.17, 15) is 17.6 Å². The minimum Gasteiger partial charge on any atom is -0.481 e. The topological polar surface area (TPSA) is 35.0 Å². The van der Waals surface area contributed by atoms with E-state index in [4.69, 9.17) is 11.6 Å². The van der Waals surface area contributed by atoms with E-state index in [0.717, 1.165) is 0 Å². The van der Waals surface area contributed by atoms with Crippen molar-refractivity contribution in [2.24, 2.45) is 0 Å². The molecule has 0 unspecified atom stereocenters. The Bertz CT molecular complexity index is 580. The van der Waals surface area contributed by atoms with Crippen molar-refractivity contribution < 1.29 is 22.3 Å². The normalized spacial score (nSPS) is 10.6. The minimum atomic E-state index is -1.61. The van der Waals surface area contributed by atoms with E-state index >= 15 is 0 Å². The molecule has 2 aromatic rings. The second kappa shape index (κ2) is 5.40. The molecule has 1 aromatic carbocycles. The van der Waals surface area contributed by atoms with Crippen LogP contribution < -0.4 is 4.74 Å². The molecular weight excluding hydrogens is 288 g/mol. The SMILES string of the molecule is Fc1cc(F)c(F)c(OCc2cnc(Cl)cn2)c1F. The fourth-order valence-corrected chi connectivity index (χ4v) is 1.34. The Morgan fingerprint density at radius 2 is 1.63 bits per heavy atom. The van der Waals surface area contributed by atoms with Crippen LogP contribution in [0.15, 0.2) is 18.5 Å². The van der Waals surface area contributed by atoms with Crippen molar-refractivity contribution in [2.45, 2.75) is 6.61 Å². The average molecular weight is 293 g/mol. The van der Waals surface area contributed by atoms with Crippen LogP contribution in [0.25, 0.3) is 0 Å². The third-order valence-corrected chi connectivity index (χ3v) is 2.30. The summed E-state index contributed by atoms with van der Waals surface area (Å²) in [7, 11) is 0. The zero-order chi connectivity index (χ0) is 14.0. The maximum atomic E-state index is 13.2. The molecule has 0 amide bonds. The van der Waals surface area contributed by atoms with Gasteiger partial charge in [-0.05, 0) is 0 Å². The molecule has 1 heterocycles. The van der Waals surface area contributed by atoms with Crippen LogP contribution >= 0.6 is 11.6 Å². The fourth-order valence-electron chi connectivity index (χ4n) is 1.24. The number of nitrogens with zero attached hydrogens (tertiary/aromatic N) is 2. The predicted molar refractivity (Wildman–Crippen MR) is 57.6 cm³/mol. The van der Waals surface area contributed by atoms with Gasteiger partial charge < -0.3 is 4.74 Å². The van der Waals surface area contributed by atoms with Gasteiger partial charge in [-0.1, -0.05) is 11.6 Å². The van der Waals surface area contributed by atoms with Gasteiger partial charge in [-0.3, -0.25) is 4.98 Å². The highest BCUT2D eigenvalue weighted by molar-refractivity contribution is 6.29. The molecule has 1 aromatic heterocycles. The molecule has 0 radical (unpaired) electrons. The smallest absolute Gasteiger partial charge is 0.203 e. The van der Waals surface area contributed by atoms with Gasteiger partial charge in [0.1, 0.15) is 11.8 Å². The van der Waals surface area contributed by atoms with Gasteiger partial charge in [0.2, 0.25) is 11.6 Å². The second-order valence-corrected chi connectivity index (χ2v) is 3.80. The summed E-state index contributed by atoms with van der Waals surface area (Å²) < 4.78 is 57.0. The average Bonchev–Trinajstić information content (AvgIpc) is 2.38. The van der Waals surface area contributed by atoms with Crippen LogP contribution in [0.2, 0.25) is 5.15 Å². The molecule has 0 bridgehead atoms. The lowest BCUT2D eigenvalue weighted by Gasteiger charge is -2.08. The van der Waals surface area contributed by atoms with Crippen molar-refractivity contribution in [1.82, 2.24) is 9.97 Å². The number of benzene rings is 1. The molecule has 3 nitrogen and oxygen atoms in total. The molecule has 2 rings (SSSR count). The van der Waals surface area contributed by atoms with Crippen molar-refractivity contribution >= 4 is 11.6 Å². The first kappa shape index (κ1) is 13.5. The Balaban J connectivity index is 2.22. The third kappa shape index (κ3) is 2.93. The first-order valence-corrected chi connectivity index (χ1v) is 5.29. The minimum absolute atomic E-state index is 0.0968. The number of hydrogen-bond donors (Lipinski definition) is 0. The van der Waals surface area contributed by atoms with Gasteiger partial charge in [-0.25, -0.2) is 13.8 Å². The van der Waals surface area contributed by atoms with Crippen LogP contribution in [0.5, 0.6) is 5.75 Å². The van der Waals surface area contributed by atoms with Crippen molar-refractivity contribution in [2.75, 3.05) is 0 Å². The molecule has 19 heavy (non-hydrogen) atoms. The standard InChI is InChI=1S/C11H5ClF4N2O/c12-8-3-17-5(2-18-8)4-19-11-9(15)6(13)1-7(14)10(11)16/h1-3H,4H2. The molecule has 0 spiro atoms. The molecular formula is C11H5ClF4N2O. The van der Waals surface area contributed by atoms with E-state index in [1.54, 1.807) is 0 Å². The Morgan fingerprint density at radius 3 is 2.16 bits per heavy atom. The highest BCUT2D eigenvalue weighted by Gasteiger charge is 2.20. The summed E-state index contributed by atoms with van der Waals surface area (Å²) in [6.07, 6.45) is 2.40. The van der Waals surface area contributed by atoms with Crippen LogP contribution in [0.1, 0.15) is 5.69 Å². The molecule has 100 valence electrons. The van der Waals surface area contributed by atoms with Crippen molar-refractivity contribution in [3.63, 3.8) is 0 Å². The summed E-state index contributed by atoms with van der Waals surface area (Å²) in [5.74, 6) is -7.46. The molecule has 0 aliphatic rings. The Kier molecular flexibility index (Phi) is 3.84.